The molecule has 0 saturated carbocycles. The summed E-state index contributed by atoms with van der Waals surface area (Å²) in [6.07, 6.45) is -1.30. The van der Waals surface area contributed by atoms with Crippen LogP contribution in [-0.4, -0.2) is 29.9 Å². The zero-order valence-electron chi connectivity index (χ0n) is 14.8. The van der Waals surface area contributed by atoms with E-state index in [9.17, 15) is 14.7 Å². The van der Waals surface area contributed by atoms with Crippen LogP contribution in [0, 0.1) is 0 Å². The van der Waals surface area contributed by atoms with Gasteiger partial charge in [-0.2, -0.15) is 0 Å². The SMILES string of the molecule is COc1ccc(C(=O)C(O)C2c3ccccc3C(=O)c3ccccc32)cc1. The maximum Gasteiger partial charge on any atom is 0.193 e. The van der Waals surface area contributed by atoms with Gasteiger partial charge in [0.15, 0.2) is 11.6 Å². The van der Waals surface area contributed by atoms with E-state index in [1.807, 2.05) is 12.1 Å². The first-order valence-electron chi connectivity index (χ1n) is 8.70. The molecular formula is C23H18O4. The van der Waals surface area contributed by atoms with Crippen molar-refractivity contribution < 1.29 is 19.4 Å². The molecule has 4 nitrogen and oxygen atoms in total. The van der Waals surface area contributed by atoms with Gasteiger partial charge in [0.25, 0.3) is 0 Å². The van der Waals surface area contributed by atoms with E-state index in [4.69, 9.17) is 4.74 Å². The molecule has 27 heavy (non-hydrogen) atoms. The van der Waals surface area contributed by atoms with Crippen LogP contribution < -0.4 is 4.74 Å². The first-order valence-corrected chi connectivity index (χ1v) is 8.70. The first kappa shape index (κ1) is 17.2. The van der Waals surface area contributed by atoms with Gasteiger partial charge in [-0.1, -0.05) is 48.5 Å². The highest BCUT2D eigenvalue weighted by molar-refractivity contribution is 6.13. The number of Topliss-reactive ketones (excluding diaryl/α,β-unsaturated/α-hetero) is 1. The molecule has 0 bridgehead atoms. The molecule has 0 radical (unpaired) electrons. The van der Waals surface area contributed by atoms with Crippen molar-refractivity contribution in [3.63, 3.8) is 0 Å². The maximum atomic E-state index is 13.0. The molecule has 0 fully saturated rings. The Morgan fingerprint density at radius 1 is 0.889 bits per heavy atom. The second-order valence-corrected chi connectivity index (χ2v) is 6.52. The Kier molecular flexibility index (Phi) is 4.34. The van der Waals surface area contributed by atoms with Gasteiger partial charge in [-0.3, -0.25) is 9.59 Å². The Hall–Kier alpha value is -3.24. The van der Waals surface area contributed by atoms with Crippen LogP contribution in [0.5, 0.6) is 5.75 Å². The zero-order valence-corrected chi connectivity index (χ0v) is 14.8. The van der Waals surface area contributed by atoms with E-state index in [-0.39, 0.29) is 11.6 Å². The number of ether oxygens (including phenoxy) is 1. The number of carbonyl (C=O) groups is 2. The van der Waals surface area contributed by atoms with Gasteiger partial charge in [0.2, 0.25) is 0 Å². The van der Waals surface area contributed by atoms with Crippen molar-refractivity contribution >= 4 is 11.6 Å². The summed E-state index contributed by atoms with van der Waals surface area (Å²) in [6, 6.07) is 21.0. The summed E-state index contributed by atoms with van der Waals surface area (Å²) in [5.41, 5.74) is 2.81. The van der Waals surface area contributed by atoms with Gasteiger partial charge < -0.3 is 9.84 Å². The summed E-state index contributed by atoms with van der Waals surface area (Å²) in [4.78, 5) is 25.8. The van der Waals surface area contributed by atoms with Crippen LogP contribution in [0.4, 0.5) is 0 Å². The summed E-state index contributed by atoms with van der Waals surface area (Å²) in [6.45, 7) is 0. The molecule has 1 aliphatic carbocycles. The van der Waals surface area contributed by atoms with Gasteiger partial charge in [0.05, 0.1) is 7.11 Å². The Morgan fingerprint density at radius 3 is 1.93 bits per heavy atom. The minimum atomic E-state index is -1.30. The Labute approximate surface area is 157 Å². The zero-order chi connectivity index (χ0) is 19.0. The molecule has 0 heterocycles. The summed E-state index contributed by atoms with van der Waals surface area (Å²) in [7, 11) is 1.55. The van der Waals surface area contributed by atoms with Gasteiger partial charge in [0, 0.05) is 22.6 Å². The van der Waals surface area contributed by atoms with E-state index in [0.29, 0.717) is 33.6 Å². The molecular weight excluding hydrogens is 340 g/mol. The Bertz CT molecular complexity index is 971. The molecule has 0 aliphatic heterocycles. The topological polar surface area (TPSA) is 63.6 Å². The summed E-state index contributed by atoms with van der Waals surface area (Å²) in [5.74, 6) is -0.423. The number of aliphatic hydroxyl groups is 1. The third-order valence-corrected chi connectivity index (χ3v) is 5.04. The number of fused-ring (bicyclic) bond motifs is 2. The lowest BCUT2D eigenvalue weighted by Crippen LogP contribution is -2.33. The second kappa shape index (κ2) is 6.82. The van der Waals surface area contributed by atoms with E-state index >= 15 is 0 Å². The number of aliphatic hydroxyl groups excluding tert-OH is 1. The fraction of sp³-hybridized carbons (Fsp3) is 0.130. The van der Waals surface area contributed by atoms with Gasteiger partial charge in [-0.25, -0.2) is 0 Å². The quantitative estimate of drug-likeness (QED) is 0.724. The van der Waals surface area contributed by atoms with Gasteiger partial charge in [0.1, 0.15) is 11.9 Å². The average Bonchev–Trinajstić information content (AvgIpc) is 2.73. The molecule has 3 aromatic rings. The Morgan fingerprint density at radius 2 is 1.41 bits per heavy atom. The molecule has 0 saturated heterocycles. The standard InChI is InChI=1S/C23H18O4/c1-27-15-12-10-14(11-13-15)21(24)23(26)20-16-6-2-4-8-18(16)22(25)19-9-5-3-7-17(19)20/h2-13,20,23,26H,1H3. The number of ketones is 2. The van der Waals surface area contributed by atoms with Crippen LogP contribution >= 0.6 is 0 Å². The molecule has 3 aromatic carbocycles. The van der Waals surface area contributed by atoms with Crippen LogP contribution in [0.1, 0.15) is 43.3 Å². The fourth-order valence-corrected chi connectivity index (χ4v) is 3.68. The number of rotatable bonds is 4. The number of carbonyl (C=O) groups excluding carboxylic acids is 2. The van der Waals surface area contributed by atoms with Crippen LogP contribution in [0.2, 0.25) is 0 Å². The van der Waals surface area contributed by atoms with E-state index in [1.54, 1.807) is 67.8 Å². The smallest absolute Gasteiger partial charge is 0.193 e. The molecule has 0 amide bonds. The number of hydrogen-bond donors (Lipinski definition) is 1. The minimum absolute atomic E-state index is 0.0819. The lowest BCUT2D eigenvalue weighted by atomic mass is 9.73. The van der Waals surface area contributed by atoms with Crippen LogP contribution in [0.15, 0.2) is 72.8 Å². The monoisotopic (exact) mass is 358 g/mol. The van der Waals surface area contributed by atoms with Crippen molar-refractivity contribution in [3.8, 4) is 5.75 Å². The van der Waals surface area contributed by atoms with E-state index in [0.717, 1.165) is 0 Å². The average molecular weight is 358 g/mol. The largest absolute Gasteiger partial charge is 0.497 e. The van der Waals surface area contributed by atoms with Crippen molar-refractivity contribution in [2.24, 2.45) is 0 Å². The molecule has 4 rings (SSSR count). The molecule has 0 spiro atoms. The highest BCUT2D eigenvalue weighted by Crippen LogP contribution is 2.39. The third kappa shape index (κ3) is 2.84. The van der Waals surface area contributed by atoms with Crippen molar-refractivity contribution in [2.75, 3.05) is 7.11 Å². The van der Waals surface area contributed by atoms with Gasteiger partial charge in [-0.05, 0) is 35.4 Å². The first-order chi connectivity index (χ1) is 13.1. The van der Waals surface area contributed by atoms with Crippen LogP contribution in [0.25, 0.3) is 0 Å². The molecule has 1 atom stereocenters. The molecule has 1 N–H and O–H groups in total. The van der Waals surface area contributed by atoms with Crippen molar-refractivity contribution in [2.45, 2.75) is 12.0 Å². The minimum Gasteiger partial charge on any atom is -0.497 e. The van der Waals surface area contributed by atoms with Gasteiger partial charge in [-0.15, -0.1) is 0 Å². The van der Waals surface area contributed by atoms with E-state index < -0.39 is 12.0 Å². The van der Waals surface area contributed by atoms with Crippen LogP contribution in [0.3, 0.4) is 0 Å². The second-order valence-electron chi connectivity index (χ2n) is 6.52. The van der Waals surface area contributed by atoms with Crippen molar-refractivity contribution in [1.29, 1.82) is 0 Å². The predicted octanol–water partition coefficient (Wildman–Crippen LogP) is 3.62. The summed E-state index contributed by atoms with van der Waals surface area (Å²) >= 11 is 0. The van der Waals surface area contributed by atoms with Crippen molar-refractivity contribution in [1.82, 2.24) is 0 Å². The normalized spacial score (nSPS) is 14.2. The number of hydrogen-bond acceptors (Lipinski definition) is 4. The van der Waals surface area contributed by atoms with E-state index in [1.165, 1.54) is 0 Å². The predicted molar refractivity (Wildman–Crippen MR) is 101 cm³/mol. The highest BCUT2D eigenvalue weighted by Gasteiger charge is 2.37. The lowest BCUT2D eigenvalue weighted by Gasteiger charge is -2.30. The van der Waals surface area contributed by atoms with Gasteiger partial charge >= 0.3 is 0 Å². The lowest BCUT2D eigenvalue weighted by molar-refractivity contribution is 0.0709. The van der Waals surface area contributed by atoms with E-state index in [2.05, 4.69) is 0 Å². The molecule has 134 valence electrons. The molecule has 4 heteroatoms. The fourth-order valence-electron chi connectivity index (χ4n) is 3.68. The molecule has 1 unspecified atom stereocenters. The maximum absolute atomic E-state index is 13.0. The highest BCUT2D eigenvalue weighted by atomic mass is 16.5. The number of benzene rings is 3. The third-order valence-electron chi connectivity index (χ3n) is 5.04. The Balaban J connectivity index is 1.79. The van der Waals surface area contributed by atoms with Crippen LogP contribution in [-0.2, 0) is 0 Å². The van der Waals surface area contributed by atoms with Crippen molar-refractivity contribution in [3.05, 3.63) is 101 Å². The molecule has 1 aliphatic rings. The summed E-state index contributed by atoms with van der Waals surface area (Å²) in [5, 5.41) is 11.0. The molecule has 0 aromatic heterocycles. The number of methoxy groups -OCH3 is 1. The summed E-state index contributed by atoms with van der Waals surface area (Å²) < 4.78 is 5.12.